The first-order valence-electron chi connectivity index (χ1n) is 10.5. The number of hydrogen-bond acceptors (Lipinski definition) is 0. The third-order valence-electron chi connectivity index (χ3n) is 3.79. The minimum atomic E-state index is -0.826. The molecule has 0 unspecified atom stereocenters. The average molecular weight is 475 g/mol. The Morgan fingerprint density at radius 3 is 1.12 bits per heavy atom. The van der Waals surface area contributed by atoms with Gasteiger partial charge in [0.1, 0.15) is 0 Å². The molecule has 152 valence electrons. The summed E-state index contributed by atoms with van der Waals surface area (Å²) in [6, 6.07) is 0. The van der Waals surface area contributed by atoms with E-state index in [0.29, 0.717) is 0 Å². The van der Waals surface area contributed by atoms with Crippen LogP contribution < -0.4 is 0 Å². The fourth-order valence-corrected chi connectivity index (χ4v) is 2.34. The maximum absolute atomic E-state index is 4.93. The molecule has 0 aromatic rings. The summed E-state index contributed by atoms with van der Waals surface area (Å²) in [5.41, 5.74) is 0. The fraction of sp³-hybridized carbons (Fsp3) is 1.00. The Kier molecular flexibility index (Phi) is 45.2. The number of halogens is 2. The van der Waals surface area contributed by atoms with Crippen molar-refractivity contribution in [1.29, 1.82) is 0 Å². The molecule has 0 N–H and O–H groups in total. The van der Waals surface area contributed by atoms with Crippen molar-refractivity contribution in [1.82, 2.24) is 0 Å². The molecule has 0 spiro atoms. The van der Waals surface area contributed by atoms with Crippen LogP contribution in [0, 0.1) is 0 Å². The van der Waals surface area contributed by atoms with Crippen molar-refractivity contribution in [3.05, 3.63) is 10.6 Å². The van der Waals surface area contributed by atoms with Crippen LogP contribution in [0.1, 0.15) is 105 Å². The topological polar surface area (TPSA) is 28.2 Å². The zero-order valence-corrected chi connectivity index (χ0v) is 21.4. The van der Waals surface area contributed by atoms with Crippen LogP contribution >= 0.6 is 17.0 Å². The van der Waals surface area contributed by atoms with Gasteiger partial charge in [-0.05, 0) is 0 Å². The monoisotopic (exact) mass is 472 g/mol. The maximum atomic E-state index is 4.93. The average Bonchev–Trinajstić information content (AvgIpc) is 2.61. The summed E-state index contributed by atoms with van der Waals surface area (Å²) in [6.07, 6.45) is 16.6. The van der Waals surface area contributed by atoms with Crippen molar-refractivity contribution in [2.45, 2.75) is 105 Å². The molecule has 0 saturated heterocycles. The van der Waals surface area contributed by atoms with E-state index in [1.54, 1.807) is 0 Å². The zero-order valence-electron chi connectivity index (χ0n) is 17.5. The van der Waals surface area contributed by atoms with Gasteiger partial charge in [0.05, 0.1) is 0 Å². The van der Waals surface area contributed by atoms with Crippen molar-refractivity contribution in [2.24, 2.45) is 0 Å². The Labute approximate surface area is 178 Å². The Morgan fingerprint density at radius 1 is 0.520 bits per heavy atom. The third kappa shape index (κ3) is 45.9. The molecule has 0 heterocycles. The first-order chi connectivity index (χ1) is 12.2. The third-order valence-corrected chi connectivity index (χ3v) is 3.79. The van der Waals surface area contributed by atoms with Crippen molar-refractivity contribution in [2.75, 3.05) is 26.2 Å². The number of hydrogen-bond donors (Lipinski definition) is 0. The summed E-state index contributed by atoms with van der Waals surface area (Å²) in [5.74, 6) is 0. The number of rotatable bonds is 16. The van der Waals surface area contributed by atoms with Gasteiger partial charge in [0.25, 0.3) is 0 Å². The van der Waals surface area contributed by atoms with Gasteiger partial charge < -0.3 is 10.6 Å². The molecule has 5 heteroatoms. The summed E-state index contributed by atoms with van der Waals surface area (Å²) >= 11 is -0.826. The molecule has 0 fully saturated rings. The van der Waals surface area contributed by atoms with E-state index in [0.717, 1.165) is 26.2 Å². The first-order valence-corrected chi connectivity index (χ1v) is 16.8. The molecule has 0 aliphatic rings. The number of unbranched alkanes of at least 4 members (excludes halogenated alkanes) is 10. The van der Waals surface area contributed by atoms with E-state index in [1.165, 1.54) is 77.0 Å². The van der Waals surface area contributed by atoms with Gasteiger partial charge >= 0.3 is 37.9 Å². The number of nitrogens with zero attached hydrogens (tertiary/aromatic N) is 2. The molecule has 25 heavy (non-hydrogen) atoms. The van der Waals surface area contributed by atoms with Gasteiger partial charge in [-0.25, -0.2) is 0 Å². The molecule has 0 aromatic carbocycles. The Hall–Kier alpha value is 1.38. The van der Waals surface area contributed by atoms with Crippen molar-refractivity contribution < 1.29 is 20.8 Å². The van der Waals surface area contributed by atoms with E-state index >= 15 is 0 Å². The fourth-order valence-electron chi connectivity index (χ4n) is 2.34. The van der Waals surface area contributed by atoms with Crippen LogP contribution in [-0.4, -0.2) is 26.2 Å². The van der Waals surface area contributed by atoms with Crippen molar-refractivity contribution in [3.8, 4) is 0 Å². The molecular formula is C20H44Cl2N2Zr. The van der Waals surface area contributed by atoms with Gasteiger partial charge in [0.15, 0.2) is 0 Å². The van der Waals surface area contributed by atoms with E-state index < -0.39 is 20.8 Å². The molecule has 0 aliphatic heterocycles. The molecule has 0 rings (SSSR count). The predicted molar refractivity (Wildman–Crippen MR) is 116 cm³/mol. The summed E-state index contributed by atoms with van der Waals surface area (Å²) < 4.78 is 0. The van der Waals surface area contributed by atoms with Crippen LogP contribution in [0.15, 0.2) is 0 Å². The van der Waals surface area contributed by atoms with Crippen molar-refractivity contribution in [3.63, 3.8) is 0 Å². The second-order valence-electron chi connectivity index (χ2n) is 6.13. The second-order valence-corrected chi connectivity index (χ2v) is 9.87. The minimum absolute atomic E-state index is 0.826. The molecule has 0 saturated carbocycles. The predicted octanol–water partition coefficient (Wildman–Crippen LogP) is 8.86. The van der Waals surface area contributed by atoms with Crippen LogP contribution in [0.4, 0.5) is 0 Å². The second kappa shape index (κ2) is 36.3. The Balaban J connectivity index is -0.000000504. The molecule has 2 nitrogen and oxygen atoms in total. The van der Waals surface area contributed by atoms with Gasteiger partial charge in [-0.1, -0.05) is 105 Å². The molecular weight excluding hydrogens is 430 g/mol. The quantitative estimate of drug-likeness (QED) is 0.200. The van der Waals surface area contributed by atoms with Gasteiger partial charge in [-0.15, -0.1) is 13.1 Å². The molecule has 0 bridgehead atoms. The SMILES string of the molecule is CCCCCCCC[N-]CCCCCCCC.CC[N-]CC.[Cl][Zr+2][Cl]. The summed E-state index contributed by atoms with van der Waals surface area (Å²) in [6.45, 7) is 12.8. The molecule has 0 aliphatic carbocycles. The normalized spacial score (nSPS) is 9.52. The summed E-state index contributed by atoms with van der Waals surface area (Å²) in [5, 5.41) is 8.58. The van der Waals surface area contributed by atoms with Crippen molar-refractivity contribution >= 4 is 17.0 Å². The summed E-state index contributed by atoms with van der Waals surface area (Å²) in [4.78, 5) is 0. The Bertz CT molecular complexity index is 171. The van der Waals surface area contributed by atoms with Crippen LogP contribution in [0.5, 0.6) is 0 Å². The van der Waals surface area contributed by atoms with Crippen LogP contribution in [0.25, 0.3) is 10.6 Å². The van der Waals surface area contributed by atoms with Crippen LogP contribution in [0.3, 0.4) is 0 Å². The Morgan fingerprint density at radius 2 is 0.840 bits per heavy atom. The molecule has 0 atom stereocenters. The van der Waals surface area contributed by atoms with Crippen LogP contribution in [-0.2, 0) is 20.8 Å². The van der Waals surface area contributed by atoms with Crippen LogP contribution in [0.2, 0.25) is 0 Å². The van der Waals surface area contributed by atoms with E-state index in [4.69, 9.17) is 17.0 Å². The first kappa shape index (κ1) is 31.1. The van der Waals surface area contributed by atoms with Gasteiger partial charge in [0, 0.05) is 0 Å². The molecule has 0 amide bonds. The van der Waals surface area contributed by atoms with Gasteiger partial charge in [0.2, 0.25) is 0 Å². The van der Waals surface area contributed by atoms with E-state index in [2.05, 4.69) is 24.5 Å². The van der Waals surface area contributed by atoms with E-state index in [9.17, 15) is 0 Å². The van der Waals surface area contributed by atoms with Gasteiger partial charge in [-0.3, -0.25) is 0 Å². The molecule has 0 aromatic heterocycles. The standard InChI is InChI=1S/C16H34N.C4H10N.2ClH.Zr/c1-3-5-7-9-11-13-15-17-16-14-12-10-8-6-4-2;1-3-5-4-2;;;/h3-16H2,1-2H3;3-4H2,1-2H3;2*1H;/q2*-1;;;+4/p-2. The van der Waals surface area contributed by atoms with Gasteiger partial charge in [-0.2, -0.15) is 13.1 Å². The summed E-state index contributed by atoms with van der Waals surface area (Å²) in [7, 11) is 9.87. The molecule has 0 radical (unpaired) electrons. The van der Waals surface area contributed by atoms with E-state index in [1.807, 2.05) is 13.8 Å². The van der Waals surface area contributed by atoms with E-state index in [-0.39, 0.29) is 0 Å². The zero-order chi connectivity index (χ0) is 19.4.